The number of hydrogen-bond donors (Lipinski definition) is 1. The molecule has 2 amide bonds. The number of esters is 1. The first kappa shape index (κ1) is 17.5. The molecule has 1 aromatic carbocycles. The normalized spacial score (nSPS) is 10.3. The van der Waals surface area contributed by atoms with E-state index in [1.54, 1.807) is 6.07 Å². The van der Waals surface area contributed by atoms with Crippen LogP contribution in [0.2, 0.25) is 0 Å². The highest BCUT2D eigenvalue weighted by Crippen LogP contribution is 2.14. The molecule has 1 heterocycles. The first-order valence-corrected chi connectivity index (χ1v) is 7.38. The monoisotopic (exact) mass is 335 g/mol. The van der Waals surface area contributed by atoms with Gasteiger partial charge in [0.2, 0.25) is 5.89 Å². The Morgan fingerprint density at radius 2 is 2.12 bits per heavy atom. The number of rotatable bonds is 6. The number of nitrogens with zero attached hydrogens (tertiary/aromatic N) is 2. The van der Waals surface area contributed by atoms with E-state index >= 15 is 0 Å². The molecule has 0 aliphatic heterocycles. The Morgan fingerprint density at radius 1 is 1.38 bits per heavy atom. The van der Waals surface area contributed by atoms with E-state index < -0.39 is 17.8 Å². The van der Waals surface area contributed by atoms with Gasteiger partial charge in [-0.1, -0.05) is 19.1 Å². The number of carbonyl (C=O) groups is 2. The molecule has 0 radical (unpaired) electrons. The number of ether oxygens (including phenoxy) is 1. The van der Waals surface area contributed by atoms with Gasteiger partial charge >= 0.3 is 12.0 Å². The summed E-state index contributed by atoms with van der Waals surface area (Å²) in [5.74, 6) is -0.957. The van der Waals surface area contributed by atoms with Crippen LogP contribution in [0.25, 0.3) is 0 Å². The van der Waals surface area contributed by atoms with Crippen LogP contribution in [0.4, 0.5) is 14.9 Å². The highest BCUT2D eigenvalue weighted by atomic mass is 19.1. The van der Waals surface area contributed by atoms with Gasteiger partial charge < -0.3 is 19.4 Å². The standard InChI is InChI=1S/C16H18FN3O4/c1-3-8-20(9-14-18-13(10-24-14)15(21)23-2)16(22)19-12-7-5-4-6-11(12)17/h4-7,10H,3,8-9H2,1-2H3,(H,19,22). The number of amides is 2. The molecule has 0 aliphatic carbocycles. The van der Waals surface area contributed by atoms with Crippen LogP contribution in [0.15, 0.2) is 34.9 Å². The second-order valence-electron chi connectivity index (χ2n) is 4.95. The Morgan fingerprint density at radius 3 is 2.79 bits per heavy atom. The van der Waals surface area contributed by atoms with Gasteiger partial charge in [-0.3, -0.25) is 0 Å². The lowest BCUT2D eigenvalue weighted by Crippen LogP contribution is -2.35. The maximum absolute atomic E-state index is 13.6. The summed E-state index contributed by atoms with van der Waals surface area (Å²) in [6.07, 6.45) is 1.86. The molecule has 0 fully saturated rings. The van der Waals surface area contributed by atoms with Crippen molar-refractivity contribution >= 4 is 17.7 Å². The van der Waals surface area contributed by atoms with Crippen molar-refractivity contribution < 1.29 is 23.1 Å². The van der Waals surface area contributed by atoms with Crippen LogP contribution in [-0.2, 0) is 11.3 Å². The first-order valence-electron chi connectivity index (χ1n) is 7.38. The van der Waals surface area contributed by atoms with E-state index in [-0.39, 0.29) is 23.8 Å². The summed E-state index contributed by atoms with van der Waals surface area (Å²) in [5, 5.41) is 2.51. The number of para-hydroxylation sites is 1. The Labute approximate surface area is 138 Å². The number of halogens is 1. The zero-order chi connectivity index (χ0) is 17.5. The van der Waals surface area contributed by atoms with E-state index in [0.29, 0.717) is 13.0 Å². The molecule has 2 rings (SSSR count). The summed E-state index contributed by atoms with van der Waals surface area (Å²) in [6, 6.07) is 5.41. The fraction of sp³-hybridized carbons (Fsp3) is 0.312. The second kappa shape index (κ2) is 8.09. The number of carbonyl (C=O) groups excluding carboxylic acids is 2. The summed E-state index contributed by atoms with van der Waals surface area (Å²) in [6.45, 7) is 2.36. The van der Waals surface area contributed by atoms with Gasteiger partial charge in [0.25, 0.3) is 0 Å². The molecule has 0 atom stereocenters. The molecule has 0 aliphatic rings. The molecule has 2 aromatic rings. The zero-order valence-electron chi connectivity index (χ0n) is 13.4. The maximum atomic E-state index is 13.6. The van der Waals surface area contributed by atoms with Gasteiger partial charge in [-0.05, 0) is 18.6 Å². The highest BCUT2D eigenvalue weighted by molar-refractivity contribution is 5.89. The van der Waals surface area contributed by atoms with Crippen LogP contribution in [0, 0.1) is 5.82 Å². The Bertz CT molecular complexity index is 717. The van der Waals surface area contributed by atoms with E-state index in [4.69, 9.17) is 4.42 Å². The van der Waals surface area contributed by atoms with Crippen molar-refractivity contribution in [2.75, 3.05) is 19.0 Å². The molecule has 0 saturated heterocycles. The third-order valence-electron chi connectivity index (χ3n) is 3.17. The van der Waals surface area contributed by atoms with Gasteiger partial charge in [0.1, 0.15) is 12.1 Å². The van der Waals surface area contributed by atoms with Gasteiger partial charge in [0, 0.05) is 6.54 Å². The van der Waals surface area contributed by atoms with Crippen molar-refractivity contribution in [3.63, 3.8) is 0 Å². The van der Waals surface area contributed by atoms with Crippen LogP contribution in [0.5, 0.6) is 0 Å². The summed E-state index contributed by atoms with van der Waals surface area (Å²) < 4.78 is 23.4. The minimum Gasteiger partial charge on any atom is -0.464 e. The largest absolute Gasteiger partial charge is 0.464 e. The lowest BCUT2D eigenvalue weighted by Gasteiger charge is -2.21. The minimum atomic E-state index is -0.622. The zero-order valence-corrected chi connectivity index (χ0v) is 13.4. The Hall–Kier alpha value is -2.90. The van der Waals surface area contributed by atoms with Gasteiger partial charge in [0.05, 0.1) is 19.3 Å². The molecule has 24 heavy (non-hydrogen) atoms. The number of oxazole rings is 1. The first-order chi connectivity index (χ1) is 11.5. The summed E-state index contributed by atoms with van der Waals surface area (Å²) >= 11 is 0. The fourth-order valence-electron chi connectivity index (χ4n) is 2.02. The van der Waals surface area contributed by atoms with Crippen LogP contribution in [-0.4, -0.2) is 35.5 Å². The maximum Gasteiger partial charge on any atom is 0.360 e. The van der Waals surface area contributed by atoms with Crippen molar-refractivity contribution in [2.45, 2.75) is 19.9 Å². The van der Waals surface area contributed by atoms with E-state index in [1.807, 2.05) is 6.92 Å². The number of aromatic nitrogens is 1. The molecule has 7 nitrogen and oxygen atoms in total. The van der Waals surface area contributed by atoms with Crippen molar-refractivity contribution in [1.29, 1.82) is 0 Å². The van der Waals surface area contributed by atoms with Gasteiger partial charge in [-0.2, -0.15) is 0 Å². The molecule has 0 bridgehead atoms. The predicted molar refractivity (Wildman–Crippen MR) is 84.0 cm³/mol. The third kappa shape index (κ3) is 4.31. The summed E-state index contributed by atoms with van der Waals surface area (Å²) in [4.78, 5) is 29.1. The number of nitrogens with one attached hydrogen (secondary N) is 1. The summed E-state index contributed by atoms with van der Waals surface area (Å²) in [7, 11) is 1.24. The van der Waals surface area contributed by atoms with E-state index in [0.717, 1.165) is 0 Å². The number of anilines is 1. The molecule has 0 spiro atoms. The number of hydrogen-bond acceptors (Lipinski definition) is 5. The van der Waals surface area contributed by atoms with Crippen LogP contribution in [0.1, 0.15) is 29.7 Å². The number of urea groups is 1. The van der Waals surface area contributed by atoms with Gasteiger partial charge in [-0.25, -0.2) is 19.0 Å². The van der Waals surface area contributed by atoms with Crippen LogP contribution in [0.3, 0.4) is 0 Å². The second-order valence-corrected chi connectivity index (χ2v) is 4.95. The van der Waals surface area contributed by atoms with Crippen molar-refractivity contribution in [3.05, 3.63) is 47.9 Å². The lowest BCUT2D eigenvalue weighted by atomic mass is 10.3. The molecular weight excluding hydrogens is 317 g/mol. The SMILES string of the molecule is CCCN(Cc1nc(C(=O)OC)co1)C(=O)Nc1ccccc1F. The topological polar surface area (TPSA) is 84.7 Å². The number of methoxy groups -OCH3 is 1. The van der Waals surface area contributed by atoms with Crippen LogP contribution >= 0.6 is 0 Å². The van der Waals surface area contributed by atoms with Crippen molar-refractivity contribution in [3.8, 4) is 0 Å². The fourth-order valence-corrected chi connectivity index (χ4v) is 2.02. The highest BCUT2D eigenvalue weighted by Gasteiger charge is 2.19. The molecule has 0 unspecified atom stereocenters. The van der Waals surface area contributed by atoms with E-state index in [9.17, 15) is 14.0 Å². The quantitative estimate of drug-likeness (QED) is 0.820. The minimum absolute atomic E-state index is 0.0264. The van der Waals surface area contributed by atoms with E-state index in [1.165, 1.54) is 36.5 Å². The predicted octanol–water partition coefficient (Wildman–Crippen LogP) is 3.04. The van der Waals surface area contributed by atoms with Gasteiger partial charge in [0.15, 0.2) is 5.69 Å². The van der Waals surface area contributed by atoms with Gasteiger partial charge in [-0.15, -0.1) is 0 Å². The summed E-state index contributed by atoms with van der Waals surface area (Å²) in [5.41, 5.74) is 0.115. The van der Waals surface area contributed by atoms with Crippen LogP contribution < -0.4 is 5.32 Å². The van der Waals surface area contributed by atoms with Crippen molar-refractivity contribution in [1.82, 2.24) is 9.88 Å². The lowest BCUT2D eigenvalue weighted by molar-refractivity contribution is 0.0594. The molecular formula is C16H18FN3O4. The Kier molecular flexibility index (Phi) is 5.89. The smallest absolute Gasteiger partial charge is 0.360 e. The Balaban J connectivity index is 2.08. The third-order valence-corrected chi connectivity index (χ3v) is 3.17. The van der Waals surface area contributed by atoms with E-state index in [2.05, 4.69) is 15.0 Å². The molecule has 1 aromatic heterocycles. The number of benzene rings is 1. The molecule has 1 N–H and O–H groups in total. The average molecular weight is 335 g/mol. The molecule has 128 valence electrons. The molecule has 8 heteroatoms. The van der Waals surface area contributed by atoms with Crippen molar-refractivity contribution in [2.24, 2.45) is 0 Å². The molecule has 0 saturated carbocycles. The average Bonchev–Trinajstić information content (AvgIpc) is 3.04.